The first-order valence-electron chi connectivity index (χ1n) is 6.39. The van der Waals surface area contributed by atoms with Crippen LogP contribution in [0.1, 0.15) is 0 Å². The van der Waals surface area contributed by atoms with Crippen molar-refractivity contribution in [1.82, 2.24) is 15.0 Å². The molecule has 0 aliphatic rings. The summed E-state index contributed by atoms with van der Waals surface area (Å²) in [4.78, 5) is 13.2. The molecule has 0 unspecified atom stereocenters. The lowest BCUT2D eigenvalue weighted by atomic mass is 10.1. The Labute approximate surface area is 116 Å². The topological polar surface area (TPSA) is 38.7 Å². The molecule has 0 aliphatic carbocycles. The number of benzene rings is 2. The van der Waals surface area contributed by atoms with Crippen LogP contribution in [0.25, 0.3) is 33.1 Å². The van der Waals surface area contributed by atoms with Crippen LogP contribution in [-0.4, -0.2) is 15.0 Å². The Hall–Kier alpha value is -2.81. The lowest BCUT2D eigenvalue weighted by molar-refractivity contribution is 1.21. The Balaban J connectivity index is 2.01. The number of hydrogen-bond acceptors (Lipinski definition) is 3. The van der Waals surface area contributed by atoms with Gasteiger partial charge in [-0.15, -0.1) is 0 Å². The molecule has 20 heavy (non-hydrogen) atoms. The summed E-state index contributed by atoms with van der Waals surface area (Å²) in [6.45, 7) is 0. The summed E-state index contributed by atoms with van der Waals surface area (Å²) in [5.41, 5.74) is 1.83. The van der Waals surface area contributed by atoms with E-state index in [-0.39, 0.29) is 0 Å². The van der Waals surface area contributed by atoms with Crippen LogP contribution in [-0.2, 0) is 0 Å². The van der Waals surface area contributed by atoms with Gasteiger partial charge in [0.05, 0.1) is 5.52 Å². The van der Waals surface area contributed by atoms with E-state index in [0.717, 1.165) is 27.2 Å². The van der Waals surface area contributed by atoms with Gasteiger partial charge in [0.25, 0.3) is 0 Å². The number of rotatable bonds is 1. The Morgan fingerprint density at radius 3 is 2.70 bits per heavy atom. The SMILES string of the molecule is [c]1nc(-c2cncc3ccccc23)nc2ccccc12. The number of hydrogen-bond donors (Lipinski definition) is 0. The predicted molar refractivity (Wildman–Crippen MR) is 79.1 cm³/mol. The zero-order valence-electron chi connectivity index (χ0n) is 10.6. The molecule has 1 radical (unpaired) electrons. The fourth-order valence-electron chi connectivity index (χ4n) is 2.33. The molecule has 0 bridgehead atoms. The van der Waals surface area contributed by atoms with Gasteiger partial charge in [-0.3, -0.25) is 4.98 Å². The molecular weight excluding hydrogens is 246 g/mol. The van der Waals surface area contributed by atoms with Crippen molar-refractivity contribution in [3.05, 3.63) is 67.1 Å². The van der Waals surface area contributed by atoms with Gasteiger partial charge in [-0.1, -0.05) is 42.5 Å². The third-order valence-electron chi connectivity index (χ3n) is 3.32. The molecule has 0 amide bonds. The molecule has 0 spiro atoms. The lowest BCUT2D eigenvalue weighted by Crippen LogP contribution is -1.92. The van der Waals surface area contributed by atoms with Gasteiger partial charge in [0.1, 0.15) is 6.20 Å². The zero-order valence-corrected chi connectivity index (χ0v) is 10.6. The van der Waals surface area contributed by atoms with Crippen LogP contribution in [0.5, 0.6) is 0 Å². The second-order valence-corrected chi connectivity index (χ2v) is 4.58. The van der Waals surface area contributed by atoms with Crippen molar-refractivity contribution in [2.75, 3.05) is 0 Å². The summed E-state index contributed by atoms with van der Waals surface area (Å²) >= 11 is 0. The van der Waals surface area contributed by atoms with Gasteiger partial charge in [-0.25, -0.2) is 9.97 Å². The molecule has 4 rings (SSSR count). The maximum absolute atomic E-state index is 4.61. The lowest BCUT2D eigenvalue weighted by Gasteiger charge is -2.05. The van der Waals surface area contributed by atoms with Crippen LogP contribution < -0.4 is 0 Å². The van der Waals surface area contributed by atoms with E-state index >= 15 is 0 Å². The van der Waals surface area contributed by atoms with Crippen molar-refractivity contribution in [3.63, 3.8) is 0 Å². The molecule has 3 heteroatoms. The van der Waals surface area contributed by atoms with Crippen molar-refractivity contribution in [3.8, 4) is 11.4 Å². The molecule has 3 nitrogen and oxygen atoms in total. The molecule has 2 aromatic carbocycles. The molecule has 0 saturated carbocycles. The molecule has 0 N–H and O–H groups in total. The maximum Gasteiger partial charge on any atom is 0.162 e. The number of pyridine rings is 1. The van der Waals surface area contributed by atoms with Crippen LogP contribution in [0.2, 0.25) is 0 Å². The first kappa shape index (κ1) is 11.1. The zero-order chi connectivity index (χ0) is 13.4. The van der Waals surface area contributed by atoms with Crippen molar-refractivity contribution < 1.29 is 0 Å². The molecule has 0 atom stereocenters. The fraction of sp³-hybridized carbons (Fsp3) is 0. The summed E-state index contributed by atoms with van der Waals surface area (Å²) in [7, 11) is 0. The third-order valence-corrected chi connectivity index (χ3v) is 3.32. The molecule has 0 fully saturated rings. The Kier molecular flexibility index (Phi) is 2.42. The van der Waals surface area contributed by atoms with E-state index in [1.54, 1.807) is 6.20 Å². The number of para-hydroxylation sites is 1. The second-order valence-electron chi connectivity index (χ2n) is 4.58. The molecular formula is C17H10N3. The average molecular weight is 256 g/mol. The highest BCUT2D eigenvalue weighted by Gasteiger charge is 2.07. The Morgan fingerprint density at radius 1 is 0.850 bits per heavy atom. The van der Waals surface area contributed by atoms with E-state index in [4.69, 9.17) is 0 Å². The molecule has 2 heterocycles. The summed E-state index contributed by atoms with van der Waals surface area (Å²) in [5, 5.41) is 3.11. The van der Waals surface area contributed by atoms with E-state index in [1.165, 1.54) is 0 Å². The minimum atomic E-state index is 0.660. The summed E-state index contributed by atoms with van der Waals surface area (Å²) in [6.07, 6.45) is 6.70. The molecule has 93 valence electrons. The fourth-order valence-corrected chi connectivity index (χ4v) is 2.33. The standard InChI is InChI=1S/C17H10N3/c1-3-7-14-12(5-1)9-18-11-15(14)17-19-10-13-6-2-4-8-16(13)20-17/h1-9,11H. The normalized spacial score (nSPS) is 11.0. The molecule has 0 aliphatic heterocycles. The smallest absolute Gasteiger partial charge is 0.162 e. The van der Waals surface area contributed by atoms with Crippen LogP contribution >= 0.6 is 0 Å². The first-order valence-corrected chi connectivity index (χ1v) is 6.39. The highest BCUT2D eigenvalue weighted by Crippen LogP contribution is 2.25. The van der Waals surface area contributed by atoms with Gasteiger partial charge >= 0.3 is 0 Å². The Morgan fingerprint density at radius 2 is 1.70 bits per heavy atom. The van der Waals surface area contributed by atoms with Crippen molar-refractivity contribution in [2.24, 2.45) is 0 Å². The Bertz CT molecular complexity index is 910. The van der Waals surface area contributed by atoms with Gasteiger partial charge in [0.2, 0.25) is 0 Å². The quantitative estimate of drug-likeness (QED) is 0.522. The highest BCUT2D eigenvalue weighted by atomic mass is 14.9. The van der Waals surface area contributed by atoms with E-state index in [2.05, 4.69) is 27.2 Å². The van der Waals surface area contributed by atoms with Gasteiger partial charge in [-0.05, 0) is 11.5 Å². The number of fused-ring (bicyclic) bond motifs is 2. The van der Waals surface area contributed by atoms with E-state index in [1.807, 2.05) is 48.7 Å². The van der Waals surface area contributed by atoms with E-state index < -0.39 is 0 Å². The third kappa shape index (κ3) is 1.72. The summed E-state index contributed by atoms with van der Waals surface area (Å²) in [5.74, 6) is 0.660. The monoisotopic (exact) mass is 256 g/mol. The molecule has 2 aromatic heterocycles. The van der Waals surface area contributed by atoms with Gasteiger partial charge in [0.15, 0.2) is 5.82 Å². The van der Waals surface area contributed by atoms with E-state index in [0.29, 0.717) is 5.82 Å². The van der Waals surface area contributed by atoms with Crippen LogP contribution in [0, 0.1) is 6.20 Å². The summed E-state index contributed by atoms with van der Waals surface area (Å²) in [6, 6.07) is 16.0. The highest BCUT2D eigenvalue weighted by molar-refractivity contribution is 5.94. The maximum atomic E-state index is 4.61. The second kappa shape index (κ2) is 4.38. The minimum absolute atomic E-state index is 0.660. The van der Waals surface area contributed by atoms with Crippen molar-refractivity contribution in [2.45, 2.75) is 0 Å². The number of nitrogens with zero attached hydrogens (tertiary/aromatic N) is 3. The van der Waals surface area contributed by atoms with Crippen LogP contribution in [0.4, 0.5) is 0 Å². The van der Waals surface area contributed by atoms with Crippen LogP contribution in [0.3, 0.4) is 0 Å². The van der Waals surface area contributed by atoms with Crippen molar-refractivity contribution in [1.29, 1.82) is 0 Å². The van der Waals surface area contributed by atoms with Gasteiger partial charge in [-0.2, -0.15) is 0 Å². The summed E-state index contributed by atoms with van der Waals surface area (Å²) < 4.78 is 0. The predicted octanol–water partition coefficient (Wildman–Crippen LogP) is 3.65. The first-order chi connectivity index (χ1) is 9.92. The van der Waals surface area contributed by atoms with Crippen molar-refractivity contribution >= 4 is 21.7 Å². The molecule has 4 aromatic rings. The average Bonchev–Trinajstić information content (AvgIpc) is 2.54. The van der Waals surface area contributed by atoms with Crippen LogP contribution in [0.15, 0.2) is 60.9 Å². The van der Waals surface area contributed by atoms with Gasteiger partial charge in [0, 0.05) is 28.7 Å². The molecule has 0 saturated heterocycles. The number of aromatic nitrogens is 3. The minimum Gasteiger partial charge on any atom is -0.263 e. The van der Waals surface area contributed by atoms with E-state index in [9.17, 15) is 0 Å². The largest absolute Gasteiger partial charge is 0.263 e. The van der Waals surface area contributed by atoms with Gasteiger partial charge < -0.3 is 0 Å².